The number of benzene rings is 1. The number of carbonyl (C=O) groups excluding carboxylic acids is 1. The molecule has 27 heavy (non-hydrogen) atoms. The van der Waals surface area contributed by atoms with Crippen molar-refractivity contribution in [2.75, 3.05) is 5.75 Å². The number of hydrogen-bond acceptors (Lipinski definition) is 5. The maximum atomic E-state index is 13.0. The standard InChI is InChI=1S/C20H22N4OS2/c1-14(16-9-10-16)24(12-15-6-3-2-4-7-15)18(25)13-27-20-21-19(22-23-20)17-8-5-11-26-17/h2-8,11,14,16H,9-10,12-13H2,1H3,(H,21,22,23). The van der Waals surface area contributed by atoms with E-state index in [0.29, 0.717) is 23.4 Å². The van der Waals surface area contributed by atoms with E-state index in [1.165, 1.54) is 30.2 Å². The first kappa shape index (κ1) is 18.3. The molecule has 0 spiro atoms. The fourth-order valence-corrected chi connectivity index (χ4v) is 4.46. The molecule has 3 aromatic rings. The molecule has 7 heteroatoms. The van der Waals surface area contributed by atoms with E-state index in [0.717, 1.165) is 10.7 Å². The van der Waals surface area contributed by atoms with Gasteiger partial charge in [-0.15, -0.1) is 16.4 Å². The second-order valence-corrected chi connectivity index (χ2v) is 8.71. The number of H-pyrrole nitrogens is 1. The number of aromatic nitrogens is 3. The van der Waals surface area contributed by atoms with E-state index in [4.69, 9.17) is 0 Å². The lowest BCUT2D eigenvalue weighted by atomic mass is 10.1. The van der Waals surface area contributed by atoms with Gasteiger partial charge in [-0.05, 0) is 42.7 Å². The van der Waals surface area contributed by atoms with Crippen molar-refractivity contribution in [3.63, 3.8) is 0 Å². The zero-order valence-electron chi connectivity index (χ0n) is 15.2. The summed E-state index contributed by atoms with van der Waals surface area (Å²) in [6, 6.07) is 14.5. The Balaban J connectivity index is 1.40. The van der Waals surface area contributed by atoms with E-state index >= 15 is 0 Å². The van der Waals surface area contributed by atoms with E-state index in [1.54, 1.807) is 11.3 Å². The minimum atomic E-state index is 0.144. The van der Waals surface area contributed by atoms with Gasteiger partial charge >= 0.3 is 0 Å². The highest BCUT2D eigenvalue weighted by atomic mass is 32.2. The molecule has 5 nitrogen and oxygen atoms in total. The summed E-state index contributed by atoms with van der Waals surface area (Å²) in [5.41, 5.74) is 1.17. The van der Waals surface area contributed by atoms with Crippen molar-refractivity contribution in [3.8, 4) is 10.7 Å². The number of thiophene rings is 1. The van der Waals surface area contributed by atoms with E-state index in [9.17, 15) is 4.79 Å². The molecule has 1 aromatic carbocycles. The van der Waals surface area contributed by atoms with Crippen molar-refractivity contribution in [2.45, 2.75) is 37.5 Å². The maximum Gasteiger partial charge on any atom is 0.233 e. The van der Waals surface area contributed by atoms with Crippen molar-refractivity contribution >= 4 is 29.0 Å². The van der Waals surface area contributed by atoms with Gasteiger partial charge in [0.1, 0.15) is 0 Å². The molecule has 0 bridgehead atoms. The molecule has 2 heterocycles. The van der Waals surface area contributed by atoms with Crippen LogP contribution in [0.5, 0.6) is 0 Å². The Morgan fingerprint density at radius 2 is 2.11 bits per heavy atom. The predicted molar refractivity (Wildman–Crippen MR) is 110 cm³/mol. The first-order valence-electron chi connectivity index (χ1n) is 9.13. The van der Waals surface area contributed by atoms with Gasteiger partial charge in [-0.3, -0.25) is 9.89 Å². The van der Waals surface area contributed by atoms with Crippen LogP contribution in [0.1, 0.15) is 25.3 Å². The van der Waals surface area contributed by atoms with Crippen molar-refractivity contribution < 1.29 is 4.79 Å². The third kappa shape index (κ3) is 4.59. The van der Waals surface area contributed by atoms with Crippen molar-refractivity contribution in [1.82, 2.24) is 20.1 Å². The Kier molecular flexibility index (Phi) is 5.59. The Hall–Kier alpha value is -2.12. The molecule has 1 amide bonds. The number of thioether (sulfide) groups is 1. The Morgan fingerprint density at radius 3 is 2.81 bits per heavy atom. The highest BCUT2D eigenvalue weighted by Gasteiger charge is 2.34. The van der Waals surface area contributed by atoms with Crippen LogP contribution in [0.4, 0.5) is 0 Å². The summed E-state index contributed by atoms with van der Waals surface area (Å²) < 4.78 is 0. The van der Waals surface area contributed by atoms with Crippen LogP contribution in [0.3, 0.4) is 0 Å². The molecular weight excluding hydrogens is 376 g/mol. The molecule has 1 N–H and O–H groups in total. The third-order valence-electron chi connectivity index (χ3n) is 4.86. The fourth-order valence-electron chi connectivity index (χ4n) is 3.12. The van der Waals surface area contributed by atoms with Gasteiger partial charge in [-0.1, -0.05) is 48.2 Å². The Morgan fingerprint density at radius 1 is 1.30 bits per heavy atom. The summed E-state index contributed by atoms with van der Waals surface area (Å²) in [5, 5.41) is 9.82. The van der Waals surface area contributed by atoms with Gasteiger partial charge in [-0.25, -0.2) is 4.98 Å². The van der Waals surface area contributed by atoms with Crippen LogP contribution in [0.25, 0.3) is 10.7 Å². The highest BCUT2D eigenvalue weighted by Crippen LogP contribution is 2.36. The van der Waals surface area contributed by atoms with Crippen LogP contribution < -0.4 is 0 Å². The van der Waals surface area contributed by atoms with Crippen molar-refractivity contribution in [2.24, 2.45) is 5.92 Å². The average molecular weight is 399 g/mol. The lowest BCUT2D eigenvalue weighted by Crippen LogP contribution is -2.40. The molecule has 1 aliphatic rings. The van der Waals surface area contributed by atoms with Gasteiger partial charge in [0.15, 0.2) is 5.82 Å². The third-order valence-corrected chi connectivity index (χ3v) is 6.56. The maximum absolute atomic E-state index is 13.0. The smallest absolute Gasteiger partial charge is 0.233 e. The van der Waals surface area contributed by atoms with E-state index in [-0.39, 0.29) is 11.9 Å². The highest BCUT2D eigenvalue weighted by molar-refractivity contribution is 7.99. The van der Waals surface area contributed by atoms with Crippen LogP contribution in [0, 0.1) is 5.92 Å². The molecule has 0 radical (unpaired) electrons. The number of nitrogens with one attached hydrogen (secondary N) is 1. The van der Waals surface area contributed by atoms with Gasteiger partial charge < -0.3 is 4.90 Å². The second kappa shape index (κ2) is 8.27. The van der Waals surface area contributed by atoms with Gasteiger partial charge in [0.25, 0.3) is 0 Å². The number of nitrogens with zero attached hydrogens (tertiary/aromatic N) is 3. The quantitative estimate of drug-likeness (QED) is 0.569. The molecule has 4 rings (SSSR count). The van der Waals surface area contributed by atoms with Crippen LogP contribution in [-0.4, -0.2) is 37.8 Å². The minimum absolute atomic E-state index is 0.144. The van der Waals surface area contributed by atoms with E-state index in [2.05, 4.69) is 34.2 Å². The van der Waals surface area contributed by atoms with E-state index < -0.39 is 0 Å². The zero-order chi connectivity index (χ0) is 18.6. The lowest BCUT2D eigenvalue weighted by molar-refractivity contribution is -0.131. The SMILES string of the molecule is CC(C1CC1)N(Cc1ccccc1)C(=O)CSc1n[nH]c(-c2cccs2)n1. The summed E-state index contributed by atoms with van der Waals surface area (Å²) in [6.07, 6.45) is 2.44. The Labute approximate surface area is 167 Å². The monoisotopic (exact) mass is 398 g/mol. The largest absolute Gasteiger partial charge is 0.335 e. The van der Waals surface area contributed by atoms with Crippen molar-refractivity contribution in [1.29, 1.82) is 0 Å². The van der Waals surface area contributed by atoms with Crippen LogP contribution in [-0.2, 0) is 11.3 Å². The summed E-state index contributed by atoms with van der Waals surface area (Å²) >= 11 is 3.01. The molecule has 0 aliphatic heterocycles. The molecule has 140 valence electrons. The number of aromatic amines is 1. The van der Waals surface area contributed by atoms with Gasteiger partial charge in [0, 0.05) is 12.6 Å². The molecule has 1 atom stereocenters. The summed E-state index contributed by atoms with van der Waals surface area (Å²) in [6.45, 7) is 2.83. The topological polar surface area (TPSA) is 61.9 Å². The van der Waals surface area contributed by atoms with Gasteiger partial charge in [0.2, 0.25) is 11.1 Å². The number of hydrogen-bond donors (Lipinski definition) is 1. The summed E-state index contributed by atoms with van der Waals surface area (Å²) in [4.78, 5) is 20.5. The van der Waals surface area contributed by atoms with Gasteiger partial charge in [0.05, 0.1) is 10.6 Å². The van der Waals surface area contributed by atoms with Crippen molar-refractivity contribution in [3.05, 3.63) is 53.4 Å². The minimum Gasteiger partial charge on any atom is -0.335 e. The summed E-state index contributed by atoms with van der Waals surface area (Å²) in [7, 11) is 0. The molecule has 1 unspecified atom stereocenters. The first-order valence-corrected chi connectivity index (χ1v) is 11.0. The Bertz CT molecular complexity index is 875. The van der Waals surface area contributed by atoms with Crippen LogP contribution in [0.15, 0.2) is 53.0 Å². The summed E-state index contributed by atoms with van der Waals surface area (Å²) in [5.74, 6) is 1.89. The molecular formula is C20H22N4OS2. The first-order chi connectivity index (χ1) is 13.2. The van der Waals surface area contributed by atoms with Gasteiger partial charge in [-0.2, -0.15) is 0 Å². The van der Waals surface area contributed by atoms with E-state index in [1.807, 2.05) is 40.6 Å². The zero-order valence-corrected chi connectivity index (χ0v) is 16.8. The number of carbonyl (C=O) groups is 1. The van der Waals surface area contributed by atoms with Crippen LogP contribution >= 0.6 is 23.1 Å². The predicted octanol–water partition coefficient (Wildman–Crippen LogP) is 4.45. The number of rotatable bonds is 8. The lowest BCUT2D eigenvalue weighted by Gasteiger charge is -2.29. The normalized spacial score (nSPS) is 14.9. The molecule has 1 saturated carbocycles. The molecule has 1 aliphatic carbocycles. The average Bonchev–Trinajstić information content (AvgIpc) is 3.19. The fraction of sp³-hybridized carbons (Fsp3) is 0.350. The van der Waals surface area contributed by atoms with Crippen LogP contribution in [0.2, 0.25) is 0 Å². The molecule has 0 saturated heterocycles. The number of amides is 1. The molecule has 2 aromatic heterocycles. The second-order valence-electron chi connectivity index (χ2n) is 6.82. The molecule has 1 fully saturated rings.